The van der Waals surface area contributed by atoms with E-state index in [1.807, 2.05) is 0 Å². The van der Waals surface area contributed by atoms with Gasteiger partial charge in [-0.25, -0.2) is 8.78 Å². The predicted molar refractivity (Wildman–Crippen MR) is 87.3 cm³/mol. The minimum absolute atomic E-state index is 0.0429. The maximum Gasteiger partial charge on any atom is 0.256 e. The van der Waals surface area contributed by atoms with Crippen molar-refractivity contribution in [3.63, 3.8) is 0 Å². The van der Waals surface area contributed by atoms with Crippen LogP contribution < -0.4 is 5.73 Å². The summed E-state index contributed by atoms with van der Waals surface area (Å²) in [5.74, 6) is -2.93. The molecule has 0 aromatic heterocycles. The van der Waals surface area contributed by atoms with Crippen molar-refractivity contribution in [2.24, 2.45) is 5.73 Å². The monoisotopic (exact) mass is 355 g/mol. The maximum atomic E-state index is 13.8. The number of benzene rings is 1. The molecule has 0 bridgehead atoms. The standard InChI is InChI=1S/C17H23F2N3O3/c1-21(9-6-14(20)23)11-17(25)7-3-8-22(16(17)24)10-12-4-2-5-13(18)15(12)19/h2,4-5,25H,3,6-11H2,1H3,(H2,20,23)/t17-/m1/s1. The Hall–Kier alpha value is -2.06. The van der Waals surface area contributed by atoms with E-state index in [1.165, 1.54) is 17.0 Å². The molecule has 138 valence electrons. The molecule has 1 saturated heterocycles. The summed E-state index contributed by atoms with van der Waals surface area (Å²) in [4.78, 5) is 26.5. The second kappa shape index (κ2) is 7.88. The van der Waals surface area contributed by atoms with E-state index >= 15 is 0 Å². The smallest absolute Gasteiger partial charge is 0.256 e. The van der Waals surface area contributed by atoms with Gasteiger partial charge in [0.25, 0.3) is 5.91 Å². The lowest BCUT2D eigenvalue weighted by Gasteiger charge is -2.40. The quantitative estimate of drug-likeness (QED) is 0.751. The predicted octanol–water partition coefficient (Wildman–Crippen LogP) is 0.625. The molecule has 3 N–H and O–H groups in total. The summed E-state index contributed by atoms with van der Waals surface area (Å²) in [5.41, 5.74) is 3.55. The lowest BCUT2D eigenvalue weighted by Crippen LogP contribution is -2.58. The Balaban J connectivity index is 2.06. The molecule has 25 heavy (non-hydrogen) atoms. The fourth-order valence-corrected chi connectivity index (χ4v) is 3.07. The van der Waals surface area contributed by atoms with Gasteiger partial charge in [-0.1, -0.05) is 12.1 Å². The largest absolute Gasteiger partial charge is 0.379 e. The first-order valence-electron chi connectivity index (χ1n) is 8.14. The van der Waals surface area contributed by atoms with E-state index in [0.717, 1.165) is 6.07 Å². The highest BCUT2D eigenvalue weighted by Gasteiger charge is 2.43. The number of piperidine rings is 1. The van der Waals surface area contributed by atoms with Crippen LogP contribution in [0.25, 0.3) is 0 Å². The molecule has 1 aromatic rings. The van der Waals surface area contributed by atoms with Crippen LogP contribution in [0.2, 0.25) is 0 Å². The molecule has 1 aliphatic rings. The van der Waals surface area contributed by atoms with Gasteiger partial charge in [0.05, 0.1) is 0 Å². The van der Waals surface area contributed by atoms with Crippen LogP contribution in [0.15, 0.2) is 18.2 Å². The van der Waals surface area contributed by atoms with E-state index in [9.17, 15) is 23.5 Å². The van der Waals surface area contributed by atoms with Gasteiger partial charge in [0, 0.05) is 38.2 Å². The highest BCUT2D eigenvalue weighted by molar-refractivity contribution is 5.86. The summed E-state index contributed by atoms with van der Waals surface area (Å²) in [6, 6.07) is 3.81. The molecular formula is C17H23F2N3O3. The van der Waals surface area contributed by atoms with Crippen LogP contribution in [0.1, 0.15) is 24.8 Å². The van der Waals surface area contributed by atoms with Crippen molar-refractivity contribution in [3.8, 4) is 0 Å². The third-order valence-electron chi connectivity index (χ3n) is 4.37. The van der Waals surface area contributed by atoms with Crippen molar-refractivity contribution in [1.29, 1.82) is 0 Å². The molecule has 1 atom stereocenters. The van der Waals surface area contributed by atoms with Gasteiger partial charge in [-0.3, -0.25) is 9.59 Å². The number of nitrogens with two attached hydrogens (primary N) is 1. The molecule has 1 aromatic carbocycles. The Labute approximate surface area is 145 Å². The average molecular weight is 355 g/mol. The van der Waals surface area contributed by atoms with E-state index in [0.29, 0.717) is 19.5 Å². The van der Waals surface area contributed by atoms with Crippen molar-refractivity contribution >= 4 is 11.8 Å². The van der Waals surface area contributed by atoms with Gasteiger partial charge in [0.1, 0.15) is 0 Å². The van der Waals surface area contributed by atoms with Gasteiger partial charge in [-0.2, -0.15) is 0 Å². The normalized spacial score (nSPS) is 21.0. The highest BCUT2D eigenvalue weighted by atomic mass is 19.2. The molecule has 0 aliphatic carbocycles. The van der Waals surface area contributed by atoms with Crippen LogP contribution in [0, 0.1) is 11.6 Å². The zero-order chi connectivity index (χ0) is 18.6. The Bertz CT molecular complexity index is 656. The lowest BCUT2D eigenvalue weighted by atomic mass is 9.90. The molecule has 2 amide bonds. The number of rotatable bonds is 7. The van der Waals surface area contributed by atoms with Crippen LogP contribution in [-0.4, -0.2) is 59.0 Å². The molecule has 0 spiro atoms. The van der Waals surface area contributed by atoms with E-state index < -0.39 is 29.0 Å². The first-order chi connectivity index (χ1) is 11.7. The molecule has 1 heterocycles. The Morgan fingerprint density at radius 1 is 1.44 bits per heavy atom. The number of halogens is 2. The number of carbonyl (C=O) groups is 2. The van der Waals surface area contributed by atoms with Crippen LogP contribution in [0.3, 0.4) is 0 Å². The number of likely N-dealkylation sites (N-methyl/N-ethyl adjacent to an activating group) is 1. The van der Waals surface area contributed by atoms with Gasteiger partial charge >= 0.3 is 0 Å². The van der Waals surface area contributed by atoms with Crippen molar-refractivity contribution < 1.29 is 23.5 Å². The molecule has 2 rings (SSSR count). The van der Waals surface area contributed by atoms with Crippen molar-refractivity contribution in [3.05, 3.63) is 35.4 Å². The molecule has 6 nitrogen and oxygen atoms in total. The van der Waals surface area contributed by atoms with Gasteiger partial charge in [0.2, 0.25) is 5.91 Å². The maximum absolute atomic E-state index is 13.8. The van der Waals surface area contributed by atoms with Crippen molar-refractivity contribution in [2.45, 2.75) is 31.4 Å². The SMILES string of the molecule is CN(CCC(N)=O)C[C@]1(O)CCCN(Cc2cccc(F)c2F)C1=O. The number of nitrogens with zero attached hydrogens (tertiary/aromatic N) is 2. The zero-order valence-electron chi connectivity index (χ0n) is 14.2. The third kappa shape index (κ3) is 4.73. The van der Waals surface area contributed by atoms with Crippen molar-refractivity contribution in [1.82, 2.24) is 9.80 Å². The second-order valence-electron chi connectivity index (χ2n) is 6.53. The fourth-order valence-electron chi connectivity index (χ4n) is 3.07. The summed E-state index contributed by atoms with van der Waals surface area (Å²) in [6.07, 6.45) is 0.941. The van der Waals surface area contributed by atoms with Gasteiger partial charge in [-0.15, -0.1) is 0 Å². The van der Waals surface area contributed by atoms with E-state index in [1.54, 1.807) is 11.9 Å². The topological polar surface area (TPSA) is 86.9 Å². The number of primary amides is 1. The summed E-state index contributed by atoms with van der Waals surface area (Å²) < 4.78 is 27.2. The van der Waals surface area contributed by atoms with Gasteiger partial charge in [-0.05, 0) is 26.0 Å². The van der Waals surface area contributed by atoms with Crippen LogP contribution in [0.4, 0.5) is 8.78 Å². The van der Waals surface area contributed by atoms with Gasteiger partial charge in [0.15, 0.2) is 17.2 Å². The van der Waals surface area contributed by atoms with Crippen molar-refractivity contribution in [2.75, 3.05) is 26.7 Å². The summed E-state index contributed by atoms with van der Waals surface area (Å²) in [7, 11) is 1.68. The molecule has 0 unspecified atom stereocenters. The second-order valence-corrected chi connectivity index (χ2v) is 6.53. The Morgan fingerprint density at radius 2 is 2.16 bits per heavy atom. The highest BCUT2D eigenvalue weighted by Crippen LogP contribution is 2.26. The Morgan fingerprint density at radius 3 is 2.84 bits per heavy atom. The van der Waals surface area contributed by atoms with Crippen LogP contribution >= 0.6 is 0 Å². The van der Waals surface area contributed by atoms with E-state index in [-0.39, 0.29) is 31.5 Å². The summed E-state index contributed by atoms with van der Waals surface area (Å²) in [5, 5.41) is 10.7. The molecule has 8 heteroatoms. The number of likely N-dealkylation sites (tertiary alicyclic amines) is 1. The number of amides is 2. The zero-order valence-corrected chi connectivity index (χ0v) is 14.2. The lowest BCUT2D eigenvalue weighted by molar-refractivity contribution is -0.159. The third-order valence-corrected chi connectivity index (χ3v) is 4.37. The first-order valence-corrected chi connectivity index (χ1v) is 8.14. The first kappa shape index (κ1) is 19.3. The Kier molecular flexibility index (Phi) is 6.07. The number of hydrogen-bond donors (Lipinski definition) is 2. The summed E-state index contributed by atoms with van der Waals surface area (Å²) in [6.45, 7) is 0.628. The minimum Gasteiger partial charge on any atom is -0.379 e. The summed E-state index contributed by atoms with van der Waals surface area (Å²) >= 11 is 0. The van der Waals surface area contributed by atoms with Gasteiger partial charge < -0.3 is 20.6 Å². The van der Waals surface area contributed by atoms with Crippen LogP contribution in [0.5, 0.6) is 0 Å². The van der Waals surface area contributed by atoms with E-state index in [4.69, 9.17) is 5.73 Å². The number of aliphatic hydroxyl groups is 1. The molecular weight excluding hydrogens is 332 g/mol. The minimum atomic E-state index is -1.62. The molecule has 1 fully saturated rings. The van der Waals surface area contributed by atoms with E-state index in [2.05, 4.69) is 0 Å². The number of hydrogen-bond acceptors (Lipinski definition) is 4. The molecule has 1 aliphatic heterocycles. The average Bonchev–Trinajstić information content (AvgIpc) is 2.54. The fraction of sp³-hybridized carbons (Fsp3) is 0.529. The number of carbonyl (C=O) groups excluding carboxylic acids is 2. The molecule has 0 radical (unpaired) electrons. The van der Waals surface area contributed by atoms with Crippen LogP contribution in [-0.2, 0) is 16.1 Å². The molecule has 0 saturated carbocycles.